The lowest BCUT2D eigenvalue weighted by molar-refractivity contribution is 0.829. The zero-order chi connectivity index (χ0) is 14.7. The summed E-state index contributed by atoms with van der Waals surface area (Å²) in [5.74, 6) is 0.893. The van der Waals surface area contributed by atoms with Crippen LogP contribution in [0.15, 0.2) is 58.9 Å². The molecule has 2 aromatic carbocycles. The summed E-state index contributed by atoms with van der Waals surface area (Å²) in [5.41, 5.74) is 2.22. The summed E-state index contributed by atoms with van der Waals surface area (Å²) in [7, 11) is 0. The Morgan fingerprint density at radius 3 is 2.52 bits per heavy atom. The first-order valence-corrected chi connectivity index (χ1v) is 8.84. The SMILES string of the molecule is S=c1sc(SCc2ccccc2)nn1-c1ccc(Cl)cc1. The smallest absolute Gasteiger partial charge is 0.184 e. The molecule has 6 heteroatoms. The normalized spacial score (nSPS) is 10.7. The van der Waals surface area contributed by atoms with Crippen molar-refractivity contribution >= 4 is 46.9 Å². The summed E-state index contributed by atoms with van der Waals surface area (Å²) < 4.78 is 3.50. The van der Waals surface area contributed by atoms with Crippen molar-refractivity contribution in [2.75, 3.05) is 0 Å². The summed E-state index contributed by atoms with van der Waals surface area (Å²) in [4.78, 5) is 0. The van der Waals surface area contributed by atoms with Gasteiger partial charge in [0.05, 0.1) is 5.69 Å². The van der Waals surface area contributed by atoms with E-state index in [0.717, 1.165) is 19.7 Å². The molecule has 0 atom stereocenters. The maximum absolute atomic E-state index is 5.90. The number of nitrogens with zero attached hydrogens (tertiary/aromatic N) is 2. The zero-order valence-corrected chi connectivity index (χ0v) is 14.1. The molecule has 0 aliphatic rings. The molecule has 0 aliphatic carbocycles. The van der Waals surface area contributed by atoms with Crippen molar-refractivity contribution in [2.45, 2.75) is 10.1 Å². The standard InChI is InChI=1S/C15H11ClN2S3/c16-12-6-8-13(9-7-12)18-15(19)21-14(17-18)20-10-11-4-2-1-3-5-11/h1-9H,10H2. The molecule has 3 rings (SSSR count). The molecule has 0 aliphatic heterocycles. The maximum Gasteiger partial charge on any atom is 0.184 e. The first-order chi connectivity index (χ1) is 10.2. The summed E-state index contributed by atoms with van der Waals surface area (Å²) in [5, 5.41) is 5.28. The molecule has 0 unspecified atom stereocenters. The highest BCUT2D eigenvalue weighted by molar-refractivity contribution is 8.00. The average molecular weight is 351 g/mol. The summed E-state index contributed by atoms with van der Waals surface area (Å²) in [6.45, 7) is 0. The third-order valence-electron chi connectivity index (χ3n) is 2.81. The van der Waals surface area contributed by atoms with Crippen molar-refractivity contribution in [2.24, 2.45) is 0 Å². The van der Waals surface area contributed by atoms with Gasteiger partial charge in [0.1, 0.15) is 0 Å². The van der Waals surface area contributed by atoms with Gasteiger partial charge in [-0.2, -0.15) is 0 Å². The first-order valence-electron chi connectivity index (χ1n) is 6.25. The lowest BCUT2D eigenvalue weighted by Crippen LogP contribution is -1.95. The highest BCUT2D eigenvalue weighted by Crippen LogP contribution is 2.27. The topological polar surface area (TPSA) is 17.8 Å². The van der Waals surface area contributed by atoms with Crippen LogP contribution in [0, 0.1) is 3.95 Å². The van der Waals surface area contributed by atoms with Crippen LogP contribution < -0.4 is 0 Å². The van der Waals surface area contributed by atoms with Gasteiger partial charge in [0.15, 0.2) is 8.29 Å². The number of thioether (sulfide) groups is 1. The fourth-order valence-corrected chi connectivity index (χ4v) is 4.23. The van der Waals surface area contributed by atoms with E-state index in [9.17, 15) is 0 Å². The maximum atomic E-state index is 5.90. The molecule has 21 heavy (non-hydrogen) atoms. The minimum Gasteiger partial charge on any atom is -0.211 e. The molecule has 0 N–H and O–H groups in total. The largest absolute Gasteiger partial charge is 0.211 e. The Bertz CT molecular complexity index is 779. The van der Waals surface area contributed by atoms with Gasteiger partial charge in [0, 0.05) is 10.8 Å². The van der Waals surface area contributed by atoms with Crippen LogP contribution in [0.4, 0.5) is 0 Å². The second-order valence-corrected chi connectivity index (χ2v) is 7.58. The number of halogens is 1. The molecule has 0 bridgehead atoms. The Kier molecular flexibility index (Phi) is 4.75. The van der Waals surface area contributed by atoms with Gasteiger partial charge in [-0.1, -0.05) is 65.0 Å². The molecule has 2 nitrogen and oxygen atoms in total. The van der Waals surface area contributed by atoms with E-state index in [1.807, 2.05) is 42.5 Å². The minimum atomic E-state index is 0.708. The summed E-state index contributed by atoms with van der Waals surface area (Å²) >= 11 is 14.5. The van der Waals surface area contributed by atoms with Crippen LogP contribution in [0.3, 0.4) is 0 Å². The van der Waals surface area contributed by atoms with Crippen molar-refractivity contribution < 1.29 is 0 Å². The Hall–Kier alpha value is -1.14. The number of hydrogen-bond donors (Lipinski definition) is 0. The third kappa shape index (κ3) is 3.74. The van der Waals surface area contributed by atoms with Crippen LogP contribution in [-0.2, 0) is 5.75 Å². The fraction of sp³-hybridized carbons (Fsp3) is 0.0667. The molecule has 0 amide bonds. The van der Waals surface area contributed by atoms with Crippen molar-refractivity contribution in [3.05, 3.63) is 69.1 Å². The van der Waals surface area contributed by atoms with Crippen LogP contribution in [0.2, 0.25) is 5.02 Å². The molecule has 0 saturated heterocycles. The lowest BCUT2D eigenvalue weighted by atomic mass is 10.2. The van der Waals surface area contributed by atoms with E-state index in [-0.39, 0.29) is 0 Å². The molecule has 0 radical (unpaired) electrons. The van der Waals surface area contributed by atoms with Crippen LogP contribution in [0.25, 0.3) is 5.69 Å². The van der Waals surface area contributed by atoms with Crippen LogP contribution >= 0.6 is 46.9 Å². The van der Waals surface area contributed by atoms with Crippen molar-refractivity contribution in [3.63, 3.8) is 0 Å². The highest BCUT2D eigenvalue weighted by atomic mass is 35.5. The van der Waals surface area contributed by atoms with E-state index in [4.69, 9.17) is 23.8 Å². The number of aromatic nitrogens is 2. The quantitative estimate of drug-likeness (QED) is 0.450. The van der Waals surface area contributed by atoms with Crippen LogP contribution in [0.5, 0.6) is 0 Å². The Balaban J connectivity index is 1.78. The molecule has 3 aromatic rings. The lowest BCUT2D eigenvalue weighted by Gasteiger charge is -2.00. The van der Waals surface area contributed by atoms with E-state index in [2.05, 4.69) is 17.2 Å². The molecular weight excluding hydrogens is 340 g/mol. The molecule has 0 fully saturated rings. The van der Waals surface area contributed by atoms with Gasteiger partial charge >= 0.3 is 0 Å². The van der Waals surface area contributed by atoms with Gasteiger partial charge in [-0.3, -0.25) is 0 Å². The Morgan fingerprint density at radius 2 is 1.81 bits per heavy atom. The molecular formula is C15H11ClN2S3. The summed E-state index contributed by atoms with van der Waals surface area (Å²) in [6, 6.07) is 17.9. The van der Waals surface area contributed by atoms with Gasteiger partial charge in [-0.05, 0) is 42.0 Å². The number of hydrogen-bond acceptors (Lipinski definition) is 4. The second-order valence-electron chi connectivity index (χ2n) is 4.30. The van der Waals surface area contributed by atoms with Gasteiger partial charge in [-0.15, -0.1) is 5.10 Å². The molecule has 0 saturated carbocycles. The van der Waals surface area contributed by atoms with Crippen molar-refractivity contribution in [3.8, 4) is 5.69 Å². The van der Waals surface area contributed by atoms with Crippen LogP contribution in [-0.4, -0.2) is 9.78 Å². The molecule has 0 spiro atoms. The average Bonchev–Trinajstić information content (AvgIpc) is 2.88. The zero-order valence-electron chi connectivity index (χ0n) is 10.9. The van der Waals surface area contributed by atoms with E-state index in [0.29, 0.717) is 5.02 Å². The molecule has 1 heterocycles. The molecule has 1 aromatic heterocycles. The van der Waals surface area contributed by atoms with Crippen molar-refractivity contribution in [1.82, 2.24) is 9.78 Å². The Morgan fingerprint density at radius 1 is 1.10 bits per heavy atom. The van der Waals surface area contributed by atoms with Crippen molar-refractivity contribution in [1.29, 1.82) is 0 Å². The summed E-state index contributed by atoms with van der Waals surface area (Å²) in [6.07, 6.45) is 0. The number of benzene rings is 2. The van der Waals surface area contributed by atoms with Gasteiger partial charge in [0.25, 0.3) is 0 Å². The highest BCUT2D eigenvalue weighted by Gasteiger charge is 2.06. The van der Waals surface area contributed by atoms with E-state index in [1.165, 1.54) is 16.9 Å². The minimum absolute atomic E-state index is 0.708. The van der Waals surface area contributed by atoms with E-state index < -0.39 is 0 Å². The predicted molar refractivity (Wildman–Crippen MR) is 93.3 cm³/mol. The molecule has 106 valence electrons. The second kappa shape index (κ2) is 6.75. The van der Waals surface area contributed by atoms with Gasteiger partial charge in [-0.25, -0.2) is 4.68 Å². The van der Waals surface area contributed by atoms with E-state index >= 15 is 0 Å². The Labute approximate surface area is 141 Å². The van der Waals surface area contributed by atoms with Gasteiger partial charge < -0.3 is 0 Å². The van der Waals surface area contributed by atoms with Gasteiger partial charge in [0.2, 0.25) is 0 Å². The first kappa shape index (κ1) is 14.8. The fourth-order valence-electron chi connectivity index (χ4n) is 1.78. The number of rotatable bonds is 4. The monoisotopic (exact) mass is 350 g/mol. The van der Waals surface area contributed by atoms with E-state index in [1.54, 1.807) is 16.4 Å². The predicted octanol–water partition coefficient (Wildman–Crippen LogP) is 5.61. The third-order valence-corrected chi connectivity index (χ3v) is 5.49. The van der Waals surface area contributed by atoms with Crippen LogP contribution in [0.1, 0.15) is 5.56 Å².